The lowest BCUT2D eigenvalue weighted by Gasteiger charge is -2.10. The van der Waals surface area contributed by atoms with Gasteiger partial charge in [-0.1, -0.05) is 11.6 Å². The normalized spacial score (nSPS) is 11.6. The van der Waals surface area contributed by atoms with E-state index >= 15 is 0 Å². The molecule has 1 aromatic carbocycles. The molecule has 3 aromatic rings. The summed E-state index contributed by atoms with van der Waals surface area (Å²) in [4.78, 5) is 4.43. The number of nitrogens with one attached hydrogen (secondary N) is 1. The molecule has 124 valence electrons. The van der Waals surface area contributed by atoms with Crippen LogP contribution in [-0.2, 0) is 16.6 Å². The van der Waals surface area contributed by atoms with E-state index < -0.39 is 10.0 Å². The predicted octanol–water partition coefficient (Wildman–Crippen LogP) is 2.71. The smallest absolute Gasteiger partial charge is 0.237 e. The lowest BCUT2D eigenvalue weighted by Crippen LogP contribution is -2.24. The van der Waals surface area contributed by atoms with E-state index in [1.54, 1.807) is 60.5 Å². The second-order valence-corrected chi connectivity index (χ2v) is 7.38. The highest BCUT2D eigenvalue weighted by Crippen LogP contribution is 2.19. The summed E-state index contributed by atoms with van der Waals surface area (Å²) in [7, 11) is -3.62. The minimum Gasteiger partial charge on any atom is -0.237 e. The number of aryl methyl sites for hydroxylation is 1. The highest BCUT2D eigenvalue weighted by atomic mass is 35.5. The zero-order valence-corrected chi connectivity index (χ0v) is 14.4. The van der Waals surface area contributed by atoms with Crippen LogP contribution >= 0.6 is 11.6 Å². The van der Waals surface area contributed by atoms with Crippen molar-refractivity contribution < 1.29 is 8.42 Å². The summed E-state index contributed by atoms with van der Waals surface area (Å²) in [5.41, 5.74) is 1.38. The molecule has 0 amide bonds. The number of sulfonamides is 1. The van der Waals surface area contributed by atoms with Crippen LogP contribution in [0, 0.1) is 6.92 Å². The first-order chi connectivity index (χ1) is 11.5. The fourth-order valence-corrected chi connectivity index (χ4v) is 3.74. The van der Waals surface area contributed by atoms with Crippen LogP contribution in [0.5, 0.6) is 0 Å². The molecule has 0 unspecified atom stereocenters. The number of benzene rings is 1. The Labute approximate surface area is 145 Å². The van der Waals surface area contributed by atoms with Crippen LogP contribution in [-0.4, -0.2) is 23.2 Å². The van der Waals surface area contributed by atoms with Crippen LogP contribution in [0.1, 0.15) is 11.1 Å². The van der Waals surface area contributed by atoms with Crippen molar-refractivity contribution in [3.05, 3.63) is 71.1 Å². The van der Waals surface area contributed by atoms with Gasteiger partial charge in [-0.25, -0.2) is 22.8 Å². The molecule has 0 atom stereocenters. The van der Waals surface area contributed by atoms with Crippen molar-refractivity contribution >= 4 is 21.6 Å². The second-order valence-electron chi connectivity index (χ2n) is 5.21. The summed E-state index contributed by atoms with van der Waals surface area (Å²) in [5, 5.41) is 4.61. The van der Waals surface area contributed by atoms with Gasteiger partial charge < -0.3 is 0 Å². The molecule has 6 nitrogen and oxygen atoms in total. The molecular formula is C16H15ClN4O2S. The Hall–Kier alpha value is -2.22. The highest BCUT2D eigenvalue weighted by molar-refractivity contribution is 7.89. The number of pyridine rings is 1. The van der Waals surface area contributed by atoms with E-state index in [0.29, 0.717) is 16.4 Å². The summed E-state index contributed by atoms with van der Waals surface area (Å²) in [6.45, 7) is 1.86. The van der Waals surface area contributed by atoms with Crippen LogP contribution < -0.4 is 4.72 Å². The third kappa shape index (κ3) is 3.64. The molecule has 0 aliphatic carbocycles. The van der Waals surface area contributed by atoms with Crippen molar-refractivity contribution in [1.82, 2.24) is 19.5 Å². The van der Waals surface area contributed by atoms with Crippen molar-refractivity contribution in [2.75, 3.05) is 0 Å². The molecular weight excluding hydrogens is 348 g/mol. The van der Waals surface area contributed by atoms with Gasteiger partial charge in [-0.2, -0.15) is 5.10 Å². The molecule has 24 heavy (non-hydrogen) atoms. The average Bonchev–Trinajstić information content (AvgIpc) is 3.07. The topological polar surface area (TPSA) is 76.9 Å². The zero-order chi connectivity index (χ0) is 17.2. The van der Waals surface area contributed by atoms with E-state index in [1.807, 2.05) is 0 Å². The summed E-state index contributed by atoms with van der Waals surface area (Å²) < 4.78 is 29.1. The summed E-state index contributed by atoms with van der Waals surface area (Å²) in [5.74, 6) is 0.624. The molecule has 0 fully saturated rings. The number of rotatable bonds is 5. The zero-order valence-electron chi connectivity index (χ0n) is 12.8. The highest BCUT2D eigenvalue weighted by Gasteiger charge is 2.16. The maximum atomic E-state index is 12.5. The van der Waals surface area contributed by atoms with Crippen LogP contribution in [0.15, 0.2) is 59.9 Å². The van der Waals surface area contributed by atoms with E-state index in [2.05, 4.69) is 14.8 Å². The molecule has 3 rings (SSSR count). The fourth-order valence-electron chi connectivity index (χ4n) is 2.27. The van der Waals surface area contributed by atoms with Gasteiger partial charge in [0.15, 0.2) is 5.82 Å². The van der Waals surface area contributed by atoms with Gasteiger partial charge in [-0.05, 0) is 54.4 Å². The van der Waals surface area contributed by atoms with Gasteiger partial charge >= 0.3 is 0 Å². The Morgan fingerprint density at radius 1 is 1.21 bits per heavy atom. The van der Waals surface area contributed by atoms with E-state index in [1.165, 1.54) is 6.07 Å². The molecule has 2 heterocycles. The minimum atomic E-state index is -3.62. The molecule has 0 aliphatic heterocycles. The maximum absolute atomic E-state index is 12.5. The number of nitrogens with zero attached hydrogens (tertiary/aromatic N) is 3. The SMILES string of the molecule is Cc1cc(Cl)ccc1S(=O)(=O)NCc1ccnc(-n2cccn2)c1. The summed E-state index contributed by atoms with van der Waals surface area (Å²) in [6.07, 6.45) is 5.04. The molecule has 2 aromatic heterocycles. The monoisotopic (exact) mass is 362 g/mol. The van der Waals surface area contributed by atoms with Crippen molar-refractivity contribution in [1.29, 1.82) is 0 Å². The Balaban J connectivity index is 1.79. The van der Waals surface area contributed by atoms with Gasteiger partial charge in [0.2, 0.25) is 10.0 Å². The molecule has 1 N–H and O–H groups in total. The average molecular weight is 363 g/mol. The van der Waals surface area contributed by atoms with Gasteiger partial charge in [-0.3, -0.25) is 0 Å². The number of hydrogen-bond acceptors (Lipinski definition) is 4. The predicted molar refractivity (Wildman–Crippen MR) is 91.6 cm³/mol. The first-order valence-corrected chi connectivity index (χ1v) is 9.02. The van der Waals surface area contributed by atoms with Crippen LogP contribution in [0.3, 0.4) is 0 Å². The van der Waals surface area contributed by atoms with E-state index in [0.717, 1.165) is 5.56 Å². The number of hydrogen-bond donors (Lipinski definition) is 1. The van der Waals surface area contributed by atoms with Crippen LogP contribution in [0.2, 0.25) is 5.02 Å². The Kier molecular flexibility index (Phi) is 4.66. The van der Waals surface area contributed by atoms with Gasteiger partial charge in [0.25, 0.3) is 0 Å². The molecule has 0 saturated heterocycles. The molecule has 0 bridgehead atoms. The van der Waals surface area contributed by atoms with Gasteiger partial charge in [0.1, 0.15) is 0 Å². The Morgan fingerprint density at radius 3 is 2.75 bits per heavy atom. The van der Waals surface area contributed by atoms with Crippen molar-refractivity contribution in [3.63, 3.8) is 0 Å². The molecule has 0 saturated carbocycles. The first-order valence-electron chi connectivity index (χ1n) is 7.16. The number of halogens is 1. The maximum Gasteiger partial charge on any atom is 0.241 e. The van der Waals surface area contributed by atoms with Crippen LogP contribution in [0.4, 0.5) is 0 Å². The standard InChI is InChI=1S/C16H15ClN4O2S/c1-12-9-14(17)3-4-15(12)24(22,23)20-11-13-5-7-18-16(10-13)21-8-2-6-19-21/h2-10,20H,11H2,1H3. The fraction of sp³-hybridized carbons (Fsp3) is 0.125. The van der Waals surface area contributed by atoms with Crippen molar-refractivity contribution in [3.8, 4) is 5.82 Å². The summed E-state index contributed by atoms with van der Waals surface area (Å²) in [6, 6.07) is 10.0. The Morgan fingerprint density at radius 2 is 2.04 bits per heavy atom. The van der Waals surface area contributed by atoms with E-state index in [-0.39, 0.29) is 11.4 Å². The lowest BCUT2D eigenvalue weighted by molar-refractivity contribution is 0.580. The quantitative estimate of drug-likeness (QED) is 0.757. The largest absolute Gasteiger partial charge is 0.241 e. The van der Waals surface area contributed by atoms with Crippen molar-refractivity contribution in [2.45, 2.75) is 18.4 Å². The second kappa shape index (κ2) is 6.72. The third-order valence-corrected chi connectivity index (χ3v) is 5.24. The Bertz CT molecular complexity index is 956. The summed E-state index contributed by atoms with van der Waals surface area (Å²) >= 11 is 5.88. The van der Waals surface area contributed by atoms with Gasteiger partial charge in [0, 0.05) is 30.2 Å². The molecule has 0 aliphatic rings. The van der Waals surface area contributed by atoms with Gasteiger partial charge in [-0.15, -0.1) is 0 Å². The first kappa shape index (κ1) is 16.6. The number of aromatic nitrogens is 3. The third-order valence-electron chi connectivity index (χ3n) is 3.44. The molecule has 0 radical (unpaired) electrons. The van der Waals surface area contributed by atoms with E-state index in [4.69, 9.17) is 11.6 Å². The molecule has 8 heteroatoms. The van der Waals surface area contributed by atoms with E-state index in [9.17, 15) is 8.42 Å². The van der Waals surface area contributed by atoms with Crippen LogP contribution in [0.25, 0.3) is 5.82 Å². The van der Waals surface area contributed by atoms with Crippen molar-refractivity contribution in [2.24, 2.45) is 0 Å². The minimum absolute atomic E-state index is 0.154. The lowest BCUT2D eigenvalue weighted by atomic mass is 10.2. The molecule has 0 spiro atoms. The van der Waals surface area contributed by atoms with Gasteiger partial charge in [0.05, 0.1) is 4.90 Å².